The van der Waals surface area contributed by atoms with E-state index in [1.165, 1.54) is 0 Å². The number of nitrogen functional groups attached to an aromatic ring is 1. The first-order valence-corrected chi connectivity index (χ1v) is 7.37. The third-order valence-electron chi connectivity index (χ3n) is 4.53. The highest BCUT2D eigenvalue weighted by molar-refractivity contribution is 5.94. The molecule has 5 heteroatoms. The van der Waals surface area contributed by atoms with Gasteiger partial charge in [-0.2, -0.15) is 5.10 Å². The van der Waals surface area contributed by atoms with Gasteiger partial charge in [-0.15, -0.1) is 0 Å². The lowest BCUT2D eigenvalue weighted by atomic mass is 9.69. The number of hydrogen-bond donors (Lipinski definition) is 2. The van der Waals surface area contributed by atoms with Gasteiger partial charge < -0.3 is 11.1 Å². The number of aromatic nitrogens is 2. The lowest BCUT2D eigenvalue weighted by Crippen LogP contribution is -2.32. The van der Waals surface area contributed by atoms with E-state index in [1.54, 1.807) is 17.9 Å². The Kier molecular flexibility index (Phi) is 4.06. The number of rotatable bonds is 2. The van der Waals surface area contributed by atoms with Crippen molar-refractivity contribution in [2.24, 2.45) is 24.3 Å². The number of amides is 1. The van der Waals surface area contributed by atoms with Crippen LogP contribution in [-0.2, 0) is 11.8 Å². The Balaban J connectivity index is 1.93. The molecule has 3 N–H and O–H groups in total. The fraction of sp³-hybridized carbons (Fsp3) is 0.733. The van der Waals surface area contributed by atoms with Gasteiger partial charge in [-0.05, 0) is 37.0 Å². The van der Waals surface area contributed by atoms with Crippen molar-refractivity contribution in [3.8, 4) is 0 Å². The molecule has 0 aromatic carbocycles. The van der Waals surface area contributed by atoms with Gasteiger partial charge in [-0.25, -0.2) is 0 Å². The highest BCUT2D eigenvalue weighted by Gasteiger charge is 2.32. The van der Waals surface area contributed by atoms with Crippen LogP contribution in [0.15, 0.2) is 6.20 Å². The quantitative estimate of drug-likeness (QED) is 0.873. The molecule has 1 aliphatic rings. The standard InChI is InChI=1S/C15H26N4O/c1-15(2,3)11-7-5-10(6-8-11)14(20)18-13-12(16)9-17-19(13)4/h9-11H,5-8,16H2,1-4H3,(H,18,20). The predicted molar refractivity (Wildman–Crippen MR) is 81.2 cm³/mol. The lowest BCUT2D eigenvalue weighted by Gasteiger charge is -2.36. The molecule has 0 spiro atoms. The number of nitrogens with one attached hydrogen (secondary N) is 1. The summed E-state index contributed by atoms with van der Waals surface area (Å²) in [6, 6.07) is 0. The summed E-state index contributed by atoms with van der Waals surface area (Å²) < 4.78 is 1.61. The highest BCUT2D eigenvalue weighted by Crippen LogP contribution is 2.40. The molecule has 1 heterocycles. The first-order chi connectivity index (χ1) is 9.29. The number of carbonyl (C=O) groups excluding carboxylic acids is 1. The van der Waals surface area contributed by atoms with Crippen molar-refractivity contribution in [1.82, 2.24) is 9.78 Å². The van der Waals surface area contributed by atoms with E-state index in [-0.39, 0.29) is 11.8 Å². The number of hydrogen-bond acceptors (Lipinski definition) is 3. The molecule has 20 heavy (non-hydrogen) atoms. The van der Waals surface area contributed by atoms with E-state index in [0.717, 1.165) is 25.7 Å². The van der Waals surface area contributed by atoms with Crippen molar-refractivity contribution in [3.05, 3.63) is 6.20 Å². The van der Waals surface area contributed by atoms with E-state index in [4.69, 9.17) is 5.73 Å². The summed E-state index contributed by atoms with van der Waals surface area (Å²) in [4.78, 5) is 12.3. The minimum Gasteiger partial charge on any atom is -0.394 e. The molecule has 1 aromatic rings. The van der Waals surface area contributed by atoms with Gasteiger partial charge in [0.25, 0.3) is 0 Å². The smallest absolute Gasteiger partial charge is 0.228 e. The molecule has 1 saturated carbocycles. The van der Waals surface area contributed by atoms with Gasteiger partial charge in [-0.1, -0.05) is 20.8 Å². The Morgan fingerprint density at radius 3 is 2.40 bits per heavy atom. The molecule has 2 rings (SSSR count). The molecule has 1 amide bonds. The summed E-state index contributed by atoms with van der Waals surface area (Å²) in [5.74, 6) is 1.50. The third kappa shape index (κ3) is 3.14. The van der Waals surface area contributed by atoms with Gasteiger partial charge in [0.15, 0.2) is 5.82 Å². The average molecular weight is 278 g/mol. The van der Waals surface area contributed by atoms with Crippen molar-refractivity contribution in [2.45, 2.75) is 46.5 Å². The highest BCUT2D eigenvalue weighted by atomic mass is 16.2. The van der Waals surface area contributed by atoms with Gasteiger partial charge in [0.05, 0.1) is 11.9 Å². The molecule has 1 aliphatic carbocycles. The average Bonchev–Trinajstić information content (AvgIpc) is 2.69. The van der Waals surface area contributed by atoms with Crippen LogP contribution in [0.4, 0.5) is 11.5 Å². The normalized spacial score (nSPS) is 23.6. The Hall–Kier alpha value is -1.52. The minimum absolute atomic E-state index is 0.0765. The Bertz CT molecular complexity index is 459. The second-order valence-electron chi connectivity index (χ2n) is 6.98. The Morgan fingerprint density at radius 1 is 1.35 bits per heavy atom. The molecule has 0 aliphatic heterocycles. The zero-order valence-electron chi connectivity index (χ0n) is 12.9. The van der Waals surface area contributed by atoms with Crippen molar-refractivity contribution < 1.29 is 4.79 Å². The molecule has 1 fully saturated rings. The Labute approximate surface area is 120 Å². The van der Waals surface area contributed by atoms with E-state index in [1.807, 2.05) is 0 Å². The van der Waals surface area contributed by atoms with Gasteiger partial charge in [0, 0.05) is 13.0 Å². The molecule has 0 radical (unpaired) electrons. The van der Waals surface area contributed by atoms with Crippen LogP contribution in [0.5, 0.6) is 0 Å². The fourth-order valence-electron chi connectivity index (χ4n) is 3.05. The minimum atomic E-state index is 0.0765. The second-order valence-corrected chi connectivity index (χ2v) is 6.98. The summed E-state index contributed by atoms with van der Waals surface area (Å²) in [6.07, 6.45) is 5.74. The zero-order chi connectivity index (χ0) is 14.9. The van der Waals surface area contributed by atoms with Crippen molar-refractivity contribution in [3.63, 3.8) is 0 Å². The molecule has 0 atom stereocenters. The third-order valence-corrected chi connectivity index (χ3v) is 4.53. The van der Waals surface area contributed by atoms with Gasteiger partial charge in [-0.3, -0.25) is 9.48 Å². The first kappa shape index (κ1) is 14.9. The Morgan fingerprint density at radius 2 is 1.95 bits per heavy atom. The predicted octanol–water partition coefficient (Wildman–Crippen LogP) is 2.79. The number of nitrogens with two attached hydrogens (primary N) is 1. The zero-order valence-corrected chi connectivity index (χ0v) is 12.9. The molecule has 0 saturated heterocycles. The fourth-order valence-corrected chi connectivity index (χ4v) is 3.05. The number of aryl methyl sites for hydroxylation is 1. The van der Waals surface area contributed by atoms with Gasteiger partial charge in [0.1, 0.15) is 0 Å². The molecule has 112 valence electrons. The lowest BCUT2D eigenvalue weighted by molar-refractivity contribution is -0.121. The monoisotopic (exact) mass is 278 g/mol. The van der Waals surface area contributed by atoms with Crippen LogP contribution < -0.4 is 11.1 Å². The molecular formula is C15H26N4O. The molecule has 1 aromatic heterocycles. The maximum atomic E-state index is 12.3. The topological polar surface area (TPSA) is 72.9 Å². The summed E-state index contributed by atoms with van der Waals surface area (Å²) >= 11 is 0. The molecule has 0 bridgehead atoms. The van der Waals surface area contributed by atoms with E-state index in [2.05, 4.69) is 31.2 Å². The van der Waals surface area contributed by atoms with Crippen LogP contribution in [0.2, 0.25) is 0 Å². The maximum absolute atomic E-state index is 12.3. The van der Waals surface area contributed by atoms with Crippen LogP contribution in [0.25, 0.3) is 0 Å². The summed E-state index contributed by atoms with van der Waals surface area (Å²) in [6.45, 7) is 6.86. The maximum Gasteiger partial charge on any atom is 0.228 e. The SMILES string of the molecule is Cn1ncc(N)c1NC(=O)C1CCC(C(C)(C)C)CC1. The molecule has 5 nitrogen and oxygen atoms in total. The summed E-state index contributed by atoms with van der Waals surface area (Å²) in [5, 5.41) is 6.95. The summed E-state index contributed by atoms with van der Waals surface area (Å²) in [7, 11) is 1.78. The summed E-state index contributed by atoms with van der Waals surface area (Å²) in [5.41, 5.74) is 6.66. The first-order valence-electron chi connectivity index (χ1n) is 7.37. The number of nitrogens with zero attached hydrogens (tertiary/aromatic N) is 2. The van der Waals surface area contributed by atoms with Crippen LogP contribution in [0.3, 0.4) is 0 Å². The molecular weight excluding hydrogens is 252 g/mol. The number of carbonyl (C=O) groups is 1. The van der Waals surface area contributed by atoms with Crippen molar-refractivity contribution in [2.75, 3.05) is 11.1 Å². The number of anilines is 2. The second kappa shape index (κ2) is 5.46. The van der Waals surface area contributed by atoms with Crippen LogP contribution in [0, 0.1) is 17.3 Å². The van der Waals surface area contributed by atoms with Crippen LogP contribution in [-0.4, -0.2) is 15.7 Å². The van der Waals surface area contributed by atoms with Crippen molar-refractivity contribution in [1.29, 1.82) is 0 Å². The van der Waals surface area contributed by atoms with E-state index >= 15 is 0 Å². The van der Waals surface area contributed by atoms with Gasteiger partial charge in [0.2, 0.25) is 5.91 Å². The van der Waals surface area contributed by atoms with Gasteiger partial charge >= 0.3 is 0 Å². The van der Waals surface area contributed by atoms with E-state index in [9.17, 15) is 4.79 Å². The molecule has 0 unspecified atom stereocenters. The van der Waals surface area contributed by atoms with Crippen LogP contribution >= 0.6 is 0 Å². The van der Waals surface area contributed by atoms with Crippen molar-refractivity contribution >= 4 is 17.4 Å². The van der Waals surface area contributed by atoms with Crippen LogP contribution in [0.1, 0.15) is 46.5 Å². The van der Waals surface area contributed by atoms with E-state index in [0.29, 0.717) is 22.8 Å². The van der Waals surface area contributed by atoms with E-state index < -0.39 is 0 Å². The largest absolute Gasteiger partial charge is 0.394 e.